The number of halogens is 1. The summed E-state index contributed by atoms with van der Waals surface area (Å²) in [5.74, 6) is -3.60. The van der Waals surface area contributed by atoms with Crippen LogP contribution in [-0.4, -0.2) is 41.2 Å². The number of primary amides is 1. The Morgan fingerprint density at radius 2 is 1.81 bits per heavy atom. The first-order chi connectivity index (χ1) is 17.5. The number of amides is 3. The van der Waals surface area contributed by atoms with Gasteiger partial charge in [-0.05, 0) is 61.6 Å². The molecule has 194 valence electrons. The van der Waals surface area contributed by atoms with Gasteiger partial charge in [0.05, 0.1) is 12.3 Å². The maximum atomic E-state index is 14.0. The van der Waals surface area contributed by atoms with Gasteiger partial charge in [0.2, 0.25) is 5.91 Å². The number of hydrogen-bond acceptors (Lipinski definition) is 8. The molecule has 3 aromatic rings. The van der Waals surface area contributed by atoms with Gasteiger partial charge in [0.1, 0.15) is 23.3 Å². The predicted octanol–water partition coefficient (Wildman–Crippen LogP) is 2.65. The normalized spacial score (nSPS) is 11.5. The van der Waals surface area contributed by atoms with Crippen LogP contribution in [0.1, 0.15) is 49.8 Å². The van der Waals surface area contributed by atoms with Crippen molar-refractivity contribution in [2.75, 3.05) is 23.8 Å². The lowest BCUT2D eigenvalue weighted by Crippen LogP contribution is -2.45. The van der Waals surface area contributed by atoms with Crippen LogP contribution in [0.25, 0.3) is 0 Å². The first-order valence-electron chi connectivity index (χ1n) is 11.2. The van der Waals surface area contributed by atoms with Crippen LogP contribution in [0.3, 0.4) is 0 Å². The Balaban J connectivity index is 2.19. The van der Waals surface area contributed by atoms with Crippen LogP contribution in [0.5, 0.6) is 0 Å². The summed E-state index contributed by atoms with van der Waals surface area (Å²) >= 11 is 0.663. The number of ether oxygens (including phenoxy) is 1. The summed E-state index contributed by atoms with van der Waals surface area (Å²) < 4.78 is 22.5. The number of aromatic nitrogens is 1. The van der Waals surface area contributed by atoms with Crippen molar-refractivity contribution < 1.29 is 28.3 Å². The van der Waals surface area contributed by atoms with Gasteiger partial charge >= 0.3 is 5.97 Å². The molecule has 0 spiro atoms. The van der Waals surface area contributed by atoms with Crippen LogP contribution in [0.15, 0.2) is 42.5 Å². The fourth-order valence-electron chi connectivity index (χ4n) is 3.71. The lowest BCUT2D eigenvalue weighted by atomic mass is 10.0. The number of rotatable bonds is 9. The molecular formula is C25H26FN5O5S. The van der Waals surface area contributed by atoms with Crippen molar-refractivity contribution in [3.05, 3.63) is 75.5 Å². The smallest absolute Gasteiger partial charge is 0.325 e. The molecule has 1 heterocycles. The van der Waals surface area contributed by atoms with E-state index in [0.717, 1.165) is 17.7 Å². The average Bonchev–Trinajstić information content (AvgIpc) is 3.24. The zero-order valence-electron chi connectivity index (χ0n) is 20.4. The Bertz CT molecular complexity index is 1340. The van der Waals surface area contributed by atoms with Crippen molar-refractivity contribution in [2.24, 2.45) is 5.73 Å². The third kappa shape index (κ3) is 6.09. The highest BCUT2D eigenvalue weighted by atomic mass is 32.1. The lowest BCUT2D eigenvalue weighted by Gasteiger charge is -2.32. The minimum Gasteiger partial charge on any atom is -0.465 e. The molecule has 0 fully saturated rings. The van der Waals surface area contributed by atoms with E-state index < -0.39 is 42.1 Å². The highest BCUT2D eigenvalue weighted by Crippen LogP contribution is 2.35. The molecule has 10 nitrogen and oxygen atoms in total. The van der Waals surface area contributed by atoms with Crippen molar-refractivity contribution in [1.82, 2.24) is 9.69 Å². The van der Waals surface area contributed by atoms with Crippen LogP contribution >= 0.6 is 11.5 Å². The molecule has 0 saturated carbocycles. The molecule has 2 aromatic carbocycles. The summed E-state index contributed by atoms with van der Waals surface area (Å²) in [5, 5.41) is 2.49. The summed E-state index contributed by atoms with van der Waals surface area (Å²) in [6.45, 7) is 4.92. The van der Waals surface area contributed by atoms with Gasteiger partial charge in [-0.2, -0.15) is 4.37 Å². The third-order valence-electron chi connectivity index (χ3n) is 5.39. The van der Waals surface area contributed by atoms with Gasteiger partial charge in [-0.15, -0.1) is 0 Å². The van der Waals surface area contributed by atoms with Gasteiger partial charge in [-0.25, -0.2) is 4.39 Å². The fraction of sp³-hybridized carbons (Fsp3) is 0.240. The monoisotopic (exact) mass is 527 g/mol. The summed E-state index contributed by atoms with van der Waals surface area (Å²) in [6, 6.07) is 8.89. The second-order valence-electron chi connectivity index (χ2n) is 8.08. The van der Waals surface area contributed by atoms with E-state index >= 15 is 0 Å². The standard InChI is InChI=1S/C25H26FN5O5S/c1-4-36-18(32)12-29-24(34)21(15-6-8-16(26)9-7-15)31(17-10-5-13(2)11-14(17)3)25(35)22-19(27)20(23(28)33)30-37-22/h5-11,21H,4,12,27H2,1-3H3,(H2,28,33)(H,29,34). The Morgan fingerprint density at radius 1 is 1.14 bits per heavy atom. The molecule has 37 heavy (non-hydrogen) atoms. The van der Waals surface area contributed by atoms with Crippen LogP contribution in [0.2, 0.25) is 0 Å². The van der Waals surface area contributed by atoms with Crippen LogP contribution in [0.4, 0.5) is 15.8 Å². The number of esters is 1. The number of nitrogen functional groups attached to an aromatic ring is 1. The average molecular weight is 528 g/mol. The number of benzene rings is 2. The van der Waals surface area contributed by atoms with Gasteiger partial charge < -0.3 is 21.5 Å². The molecule has 0 aliphatic rings. The van der Waals surface area contributed by atoms with E-state index in [1.807, 2.05) is 13.0 Å². The molecule has 1 atom stereocenters. The van der Waals surface area contributed by atoms with Crippen molar-refractivity contribution in [1.29, 1.82) is 0 Å². The minimum atomic E-state index is -1.36. The number of aryl methyl sites for hydroxylation is 2. The summed E-state index contributed by atoms with van der Waals surface area (Å²) in [7, 11) is 0. The van der Waals surface area contributed by atoms with E-state index in [-0.39, 0.29) is 28.4 Å². The molecule has 3 rings (SSSR count). The van der Waals surface area contributed by atoms with Gasteiger partial charge in [-0.1, -0.05) is 29.8 Å². The van der Waals surface area contributed by atoms with Gasteiger partial charge in [-0.3, -0.25) is 24.1 Å². The maximum Gasteiger partial charge on any atom is 0.325 e. The van der Waals surface area contributed by atoms with Crippen molar-refractivity contribution in [2.45, 2.75) is 26.8 Å². The summed E-state index contributed by atoms with van der Waals surface area (Å²) in [6.07, 6.45) is 0. The van der Waals surface area contributed by atoms with E-state index in [9.17, 15) is 23.6 Å². The highest BCUT2D eigenvalue weighted by molar-refractivity contribution is 7.09. The zero-order valence-corrected chi connectivity index (χ0v) is 21.2. The quantitative estimate of drug-likeness (QED) is 0.361. The third-order valence-corrected chi connectivity index (χ3v) is 6.24. The predicted molar refractivity (Wildman–Crippen MR) is 137 cm³/mol. The number of nitrogens with one attached hydrogen (secondary N) is 1. The second kappa shape index (κ2) is 11.6. The van der Waals surface area contributed by atoms with Crippen LogP contribution < -0.4 is 21.7 Å². The molecule has 1 aromatic heterocycles. The molecular weight excluding hydrogens is 501 g/mol. The summed E-state index contributed by atoms with van der Waals surface area (Å²) in [4.78, 5) is 52.2. The van der Waals surface area contributed by atoms with Crippen LogP contribution in [0, 0.1) is 19.7 Å². The van der Waals surface area contributed by atoms with E-state index in [0.29, 0.717) is 22.8 Å². The Hall–Kier alpha value is -4.32. The maximum absolute atomic E-state index is 14.0. The molecule has 0 aliphatic heterocycles. The number of anilines is 2. The van der Waals surface area contributed by atoms with Crippen molar-refractivity contribution in [3.8, 4) is 0 Å². The molecule has 0 saturated heterocycles. The molecule has 0 aliphatic carbocycles. The first-order valence-corrected chi connectivity index (χ1v) is 12.0. The largest absolute Gasteiger partial charge is 0.465 e. The number of hydrogen-bond donors (Lipinski definition) is 3. The highest BCUT2D eigenvalue weighted by Gasteiger charge is 2.36. The Morgan fingerprint density at radius 3 is 2.38 bits per heavy atom. The topological polar surface area (TPSA) is 158 Å². The van der Waals surface area contributed by atoms with Gasteiger partial charge in [0, 0.05) is 5.69 Å². The van der Waals surface area contributed by atoms with Crippen molar-refractivity contribution >= 4 is 46.6 Å². The van der Waals surface area contributed by atoms with Crippen LogP contribution in [-0.2, 0) is 14.3 Å². The van der Waals surface area contributed by atoms with Gasteiger partial charge in [0.15, 0.2) is 5.69 Å². The molecule has 0 radical (unpaired) electrons. The second-order valence-corrected chi connectivity index (χ2v) is 8.85. The number of nitrogens with zero attached hydrogens (tertiary/aromatic N) is 2. The van der Waals surface area contributed by atoms with E-state index in [4.69, 9.17) is 16.2 Å². The minimum absolute atomic E-state index is 0.112. The lowest BCUT2D eigenvalue weighted by molar-refractivity contribution is -0.143. The molecule has 3 amide bonds. The number of carbonyl (C=O) groups is 4. The summed E-state index contributed by atoms with van der Waals surface area (Å²) in [5.41, 5.74) is 13.0. The van der Waals surface area contributed by atoms with E-state index in [1.165, 1.54) is 17.0 Å². The molecule has 0 bridgehead atoms. The fourth-order valence-corrected chi connectivity index (χ4v) is 4.45. The van der Waals surface area contributed by atoms with E-state index in [2.05, 4.69) is 9.69 Å². The number of carbonyl (C=O) groups excluding carboxylic acids is 4. The van der Waals surface area contributed by atoms with Crippen molar-refractivity contribution in [3.63, 3.8) is 0 Å². The SMILES string of the molecule is CCOC(=O)CNC(=O)C(c1ccc(F)cc1)N(C(=O)c1snc(C(N)=O)c1N)c1ccc(C)cc1C. The molecule has 1 unspecified atom stereocenters. The van der Waals surface area contributed by atoms with E-state index in [1.54, 1.807) is 26.0 Å². The van der Waals surface area contributed by atoms with Gasteiger partial charge in [0.25, 0.3) is 11.8 Å². The molecule has 12 heteroatoms. The molecule has 5 N–H and O–H groups in total. The Labute approximate surface area is 216 Å². The first kappa shape index (κ1) is 27.3. The number of nitrogens with two attached hydrogens (primary N) is 2. The zero-order chi connectivity index (χ0) is 27.3. The Kier molecular flexibility index (Phi) is 8.56.